The van der Waals surface area contributed by atoms with E-state index >= 15 is 0 Å². The fraction of sp³-hybridized carbons (Fsp3) is 0.778. The average molecular weight is 246 g/mol. The van der Waals surface area contributed by atoms with E-state index in [-0.39, 0.29) is 13.2 Å². The van der Waals surface area contributed by atoms with E-state index in [1.54, 1.807) is 0 Å². The molecular formula is C9H14N2O4S. The minimum absolute atomic E-state index is 0.134. The molecule has 2 atom stereocenters. The lowest BCUT2D eigenvalue weighted by Gasteiger charge is -2.31. The minimum Gasteiger partial charge on any atom is -0.360 e. The number of hydrogen-bond donors (Lipinski definition) is 0. The van der Waals surface area contributed by atoms with Gasteiger partial charge in [-0.25, -0.2) is 8.42 Å². The SMILES string of the molecule is CC(C(=O)N1CCOC(C#N)C1)S(C)(=O)=O. The molecule has 0 bridgehead atoms. The van der Waals surface area contributed by atoms with Crippen molar-refractivity contribution in [3.63, 3.8) is 0 Å². The lowest BCUT2D eigenvalue weighted by atomic mass is 10.2. The molecule has 1 saturated heterocycles. The molecular weight excluding hydrogens is 232 g/mol. The maximum absolute atomic E-state index is 11.8. The van der Waals surface area contributed by atoms with Gasteiger partial charge < -0.3 is 9.64 Å². The Bertz CT molecular complexity index is 412. The Balaban J connectivity index is 2.72. The zero-order valence-corrected chi connectivity index (χ0v) is 10.0. The minimum atomic E-state index is -3.39. The Morgan fingerprint density at radius 3 is 2.75 bits per heavy atom. The van der Waals surface area contributed by atoms with Crippen LogP contribution in [0.25, 0.3) is 0 Å². The summed E-state index contributed by atoms with van der Waals surface area (Å²) in [7, 11) is -3.39. The number of carbonyl (C=O) groups excluding carboxylic acids is 1. The molecule has 0 radical (unpaired) electrons. The summed E-state index contributed by atoms with van der Waals surface area (Å²) < 4.78 is 27.5. The van der Waals surface area contributed by atoms with Crippen molar-refractivity contribution in [3.05, 3.63) is 0 Å². The van der Waals surface area contributed by atoms with Crippen LogP contribution in [0.2, 0.25) is 0 Å². The highest BCUT2D eigenvalue weighted by Crippen LogP contribution is 2.09. The molecule has 2 unspecified atom stereocenters. The molecule has 16 heavy (non-hydrogen) atoms. The van der Waals surface area contributed by atoms with Crippen molar-refractivity contribution in [2.24, 2.45) is 0 Å². The molecule has 0 aromatic carbocycles. The number of rotatable bonds is 2. The number of hydrogen-bond acceptors (Lipinski definition) is 5. The third-order valence-corrected chi connectivity index (χ3v) is 4.00. The van der Waals surface area contributed by atoms with Crippen LogP contribution in [0.3, 0.4) is 0 Å². The molecule has 0 aliphatic carbocycles. The molecule has 0 spiro atoms. The zero-order chi connectivity index (χ0) is 12.3. The van der Waals surface area contributed by atoms with E-state index in [1.807, 2.05) is 6.07 Å². The number of carbonyl (C=O) groups is 1. The van der Waals surface area contributed by atoms with Crippen molar-refractivity contribution < 1.29 is 17.9 Å². The van der Waals surface area contributed by atoms with Crippen molar-refractivity contribution in [3.8, 4) is 6.07 Å². The number of nitrogens with zero attached hydrogens (tertiary/aromatic N) is 2. The van der Waals surface area contributed by atoms with Gasteiger partial charge in [0.15, 0.2) is 15.9 Å². The molecule has 1 amide bonds. The van der Waals surface area contributed by atoms with Gasteiger partial charge in [0.25, 0.3) is 0 Å². The molecule has 0 N–H and O–H groups in total. The normalized spacial score (nSPS) is 23.6. The summed E-state index contributed by atoms with van der Waals surface area (Å²) in [5, 5.41) is 7.59. The van der Waals surface area contributed by atoms with Crippen LogP contribution in [-0.2, 0) is 19.4 Å². The van der Waals surface area contributed by atoms with Gasteiger partial charge in [0.1, 0.15) is 5.25 Å². The number of sulfone groups is 1. The molecule has 0 aromatic heterocycles. The largest absolute Gasteiger partial charge is 0.360 e. The van der Waals surface area contributed by atoms with E-state index in [4.69, 9.17) is 10.00 Å². The smallest absolute Gasteiger partial charge is 0.240 e. The summed E-state index contributed by atoms with van der Waals surface area (Å²) in [6.45, 7) is 2.08. The summed E-state index contributed by atoms with van der Waals surface area (Å²) in [5.41, 5.74) is 0. The first-order valence-corrected chi connectivity index (χ1v) is 6.80. The third kappa shape index (κ3) is 2.93. The lowest BCUT2D eigenvalue weighted by molar-refractivity contribution is -0.136. The molecule has 0 aromatic rings. The van der Waals surface area contributed by atoms with Gasteiger partial charge in [0, 0.05) is 12.8 Å². The molecule has 1 heterocycles. The molecule has 1 fully saturated rings. The maximum atomic E-state index is 11.8. The Morgan fingerprint density at radius 1 is 1.62 bits per heavy atom. The van der Waals surface area contributed by atoms with Crippen LogP contribution in [0, 0.1) is 11.3 Å². The van der Waals surface area contributed by atoms with Crippen molar-refractivity contribution in [1.82, 2.24) is 4.90 Å². The highest BCUT2D eigenvalue weighted by molar-refractivity contribution is 7.92. The van der Waals surface area contributed by atoms with Gasteiger partial charge in [0.05, 0.1) is 19.2 Å². The monoisotopic (exact) mass is 246 g/mol. The van der Waals surface area contributed by atoms with Crippen LogP contribution in [0.5, 0.6) is 0 Å². The van der Waals surface area contributed by atoms with E-state index in [1.165, 1.54) is 11.8 Å². The number of ether oxygens (including phenoxy) is 1. The molecule has 6 nitrogen and oxygen atoms in total. The van der Waals surface area contributed by atoms with E-state index in [2.05, 4.69) is 0 Å². The van der Waals surface area contributed by atoms with Gasteiger partial charge in [-0.05, 0) is 6.92 Å². The van der Waals surface area contributed by atoms with Crippen LogP contribution in [0.1, 0.15) is 6.92 Å². The lowest BCUT2D eigenvalue weighted by Crippen LogP contribution is -2.49. The Labute approximate surface area is 94.7 Å². The second kappa shape index (κ2) is 4.80. The average Bonchev–Trinajstić information content (AvgIpc) is 2.26. The maximum Gasteiger partial charge on any atom is 0.240 e. The summed E-state index contributed by atoms with van der Waals surface area (Å²) in [6.07, 6.45) is 0.363. The van der Waals surface area contributed by atoms with Gasteiger partial charge in [-0.3, -0.25) is 4.79 Å². The van der Waals surface area contributed by atoms with E-state index in [9.17, 15) is 13.2 Å². The van der Waals surface area contributed by atoms with Gasteiger partial charge in [0.2, 0.25) is 5.91 Å². The molecule has 0 saturated carbocycles. The quantitative estimate of drug-likeness (QED) is 0.634. The van der Waals surface area contributed by atoms with Crippen LogP contribution in [0.4, 0.5) is 0 Å². The number of morpholine rings is 1. The highest BCUT2D eigenvalue weighted by atomic mass is 32.2. The van der Waals surface area contributed by atoms with Crippen molar-refractivity contribution in [1.29, 1.82) is 5.26 Å². The summed E-state index contributed by atoms with van der Waals surface area (Å²) in [5.74, 6) is -0.467. The molecule has 1 aliphatic heterocycles. The Morgan fingerprint density at radius 2 is 2.25 bits per heavy atom. The second-order valence-electron chi connectivity index (χ2n) is 3.74. The van der Waals surface area contributed by atoms with E-state index < -0.39 is 27.1 Å². The second-order valence-corrected chi connectivity index (χ2v) is 6.11. The fourth-order valence-corrected chi connectivity index (χ4v) is 1.88. The van der Waals surface area contributed by atoms with Gasteiger partial charge in [-0.2, -0.15) is 5.26 Å². The standard InChI is InChI=1S/C9H14N2O4S/c1-7(16(2,13)14)9(12)11-3-4-15-8(5-10)6-11/h7-8H,3-4,6H2,1-2H3. The first kappa shape index (κ1) is 12.9. The van der Waals surface area contributed by atoms with Gasteiger partial charge in [-0.1, -0.05) is 0 Å². The van der Waals surface area contributed by atoms with Crippen molar-refractivity contribution in [2.75, 3.05) is 26.0 Å². The van der Waals surface area contributed by atoms with Gasteiger partial charge in [-0.15, -0.1) is 0 Å². The molecule has 1 aliphatic rings. The molecule has 1 rings (SSSR count). The van der Waals surface area contributed by atoms with Gasteiger partial charge >= 0.3 is 0 Å². The Hall–Kier alpha value is -1.13. The zero-order valence-electron chi connectivity index (χ0n) is 9.21. The first-order valence-electron chi connectivity index (χ1n) is 4.85. The summed E-state index contributed by atoms with van der Waals surface area (Å²) in [4.78, 5) is 13.2. The first-order chi connectivity index (χ1) is 7.36. The fourth-order valence-electron chi connectivity index (χ4n) is 1.37. The Kier molecular flexibility index (Phi) is 3.88. The predicted molar refractivity (Wildman–Crippen MR) is 56.2 cm³/mol. The van der Waals surface area contributed by atoms with Crippen LogP contribution in [-0.4, -0.2) is 56.5 Å². The summed E-state index contributed by atoms with van der Waals surface area (Å²) in [6, 6.07) is 1.90. The van der Waals surface area contributed by atoms with Crippen LogP contribution >= 0.6 is 0 Å². The topological polar surface area (TPSA) is 87.5 Å². The van der Waals surface area contributed by atoms with Crippen molar-refractivity contribution in [2.45, 2.75) is 18.3 Å². The molecule has 90 valence electrons. The number of nitriles is 1. The van der Waals surface area contributed by atoms with Crippen LogP contribution < -0.4 is 0 Å². The van der Waals surface area contributed by atoms with Crippen molar-refractivity contribution >= 4 is 15.7 Å². The van der Waals surface area contributed by atoms with E-state index in [0.717, 1.165) is 6.26 Å². The predicted octanol–water partition coefficient (Wildman–Crippen LogP) is -0.830. The number of amides is 1. The van der Waals surface area contributed by atoms with E-state index in [0.29, 0.717) is 6.54 Å². The third-order valence-electron chi connectivity index (χ3n) is 2.51. The summed E-state index contributed by atoms with van der Waals surface area (Å²) >= 11 is 0. The van der Waals surface area contributed by atoms with Crippen LogP contribution in [0.15, 0.2) is 0 Å². The highest BCUT2D eigenvalue weighted by Gasteiger charge is 2.31. The molecule has 7 heteroatoms.